The summed E-state index contributed by atoms with van der Waals surface area (Å²) < 4.78 is 2.01. The Labute approximate surface area is 101 Å². The molecule has 0 saturated carbocycles. The maximum Gasteiger partial charge on any atom is 0.167 e. The van der Waals surface area contributed by atoms with E-state index in [-0.39, 0.29) is 12.6 Å². The van der Waals surface area contributed by atoms with Crippen LogP contribution < -0.4 is 5.32 Å². The average molecular weight is 243 g/mol. The number of nitrogens with zero attached hydrogens (tertiary/aromatic N) is 2. The molecule has 92 valence electrons. The first-order valence-corrected chi connectivity index (χ1v) is 6.59. The van der Waals surface area contributed by atoms with E-state index in [9.17, 15) is 5.11 Å². The molecule has 0 aromatic carbocycles. The van der Waals surface area contributed by atoms with Crippen LogP contribution in [0.3, 0.4) is 0 Å². The Balaban J connectivity index is 2.26. The topological polar surface area (TPSA) is 50.1 Å². The van der Waals surface area contributed by atoms with Crippen molar-refractivity contribution in [1.82, 2.24) is 14.9 Å². The maximum atomic E-state index is 9.19. The molecule has 0 radical (unpaired) electrons. The second-order valence-corrected chi connectivity index (χ2v) is 5.22. The van der Waals surface area contributed by atoms with Crippen molar-refractivity contribution in [2.75, 3.05) is 12.4 Å². The van der Waals surface area contributed by atoms with E-state index >= 15 is 0 Å². The molecule has 0 fully saturated rings. The lowest BCUT2D eigenvalue weighted by Crippen LogP contribution is -2.37. The first kappa shape index (κ1) is 13.5. The molecule has 1 aromatic rings. The third-order valence-electron chi connectivity index (χ3n) is 2.26. The van der Waals surface area contributed by atoms with E-state index < -0.39 is 0 Å². The molecule has 0 bridgehead atoms. The molecule has 0 aliphatic heterocycles. The number of nitrogens with one attached hydrogen (secondary N) is 1. The highest BCUT2D eigenvalue weighted by Gasteiger charge is 2.09. The summed E-state index contributed by atoms with van der Waals surface area (Å²) in [6, 6.07) is 0.600. The van der Waals surface area contributed by atoms with E-state index in [1.165, 1.54) is 0 Å². The van der Waals surface area contributed by atoms with Gasteiger partial charge in [0.25, 0.3) is 0 Å². The molecule has 0 saturated heterocycles. The fraction of sp³-hybridized carbons (Fsp3) is 0.727. The molecule has 4 nitrogen and oxygen atoms in total. The number of aliphatic hydroxyl groups is 1. The summed E-state index contributed by atoms with van der Waals surface area (Å²) >= 11 is 1.73. The lowest BCUT2D eigenvalue weighted by molar-refractivity contribution is 0.232. The normalized spacial score (nSPS) is 13.3. The van der Waals surface area contributed by atoms with E-state index in [0.717, 1.165) is 17.3 Å². The Morgan fingerprint density at radius 1 is 1.56 bits per heavy atom. The maximum absolute atomic E-state index is 9.19. The monoisotopic (exact) mass is 243 g/mol. The number of rotatable bonds is 7. The zero-order chi connectivity index (χ0) is 12.0. The van der Waals surface area contributed by atoms with Crippen molar-refractivity contribution in [3.63, 3.8) is 0 Å². The first-order chi connectivity index (χ1) is 7.63. The highest BCUT2D eigenvalue weighted by atomic mass is 32.2. The van der Waals surface area contributed by atoms with Gasteiger partial charge in [-0.3, -0.25) is 0 Å². The molecule has 1 heterocycles. The highest BCUT2D eigenvalue weighted by molar-refractivity contribution is 7.99. The number of imidazole rings is 1. The van der Waals surface area contributed by atoms with Gasteiger partial charge in [-0.15, -0.1) is 0 Å². The molecule has 0 aliphatic carbocycles. The van der Waals surface area contributed by atoms with Gasteiger partial charge in [0.1, 0.15) is 0 Å². The van der Waals surface area contributed by atoms with Crippen molar-refractivity contribution < 1.29 is 5.11 Å². The van der Waals surface area contributed by atoms with Crippen molar-refractivity contribution in [2.45, 2.75) is 37.5 Å². The summed E-state index contributed by atoms with van der Waals surface area (Å²) in [5.41, 5.74) is 0. The van der Waals surface area contributed by atoms with Crippen LogP contribution in [0.1, 0.15) is 20.3 Å². The minimum Gasteiger partial charge on any atom is -0.395 e. The van der Waals surface area contributed by atoms with Crippen LogP contribution in [0.2, 0.25) is 0 Å². The molecule has 1 atom stereocenters. The Morgan fingerprint density at radius 3 is 2.81 bits per heavy atom. The fourth-order valence-electron chi connectivity index (χ4n) is 1.48. The second kappa shape index (κ2) is 6.93. The van der Waals surface area contributed by atoms with Crippen LogP contribution in [-0.4, -0.2) is 39.1 Å². The second-order valence-electron chi connectivity index (χ2n) is 4.16. The minimum absolute atomic E-state index is 0.188. The summed E-state index contributed by atoms with van der Waals surface area (Å²) in [5, 5.41) is 13.6. The summed E-state index contributed by atoms with van der Waals surface area (Å²) in [4.78, 5) is 4.24. The molecule has 1 unspecified atom stereocenters. The molecular weight excluding hydrogens is 222 g/mol. The van der Waals surface area contributed by atoms with Crippen LogP contribution in [0.4, 0.5) is 0 Å². The third kappa shape index (κ3) is 4.55. The molecule has 0 amide bonds. The van der Waals surface area contributed by atoms with Gasteiger partial charge in [-0.05, 0) is 6.42 Å². The van der Waals surface area contributed by atoms with Crippen molar-refractivity contribution in [3.05, 3.63) is 12.4 Å². The summed E-state index contributed by atoms with van der Waals surface area (Å²) in [5.74, 6) is 0.968. The van der Waals surface area contributed by atoms with Gasteiger partial charge in [-0.25, -0.2) is 4.98 Å². The fourth-order valence-corrected chi connectivity index (χ4v) is 2.47. The number of aromatic nitrogens is 2. The number of aryl methyl sites for hydroxylation is 1. The smallest absolute Gasteiger partial charge is 0.167 e. The number of hydrogen-bond acceptors (Lipinski definition) is 4. The number of aliphatic hydroxyl groups excluding tert-OH is 1. The van der Waals surface area contributed by atoms with Crippen molar-refractivity contribution in [2.24, 2.45) is 7.05 Å². The van der Waals surface area contributed by atoms with Gasteiger partial charge in [0.2, 0.25) is 0 Å². The van der Waals surface area contributed by atoms with Gasteiger partial charge < -0.3 is 15.0 Å². The van der Waals surface area contributed by atoms with Gasteiger partial charge in [-0.1, -0.05) is 25.6 Å². The lowest BCUT2D eigenvalue weighted by atomic mass is 10.2. The lowest BCUT2D eigenvalue weighted by Gasteiger charge is -2.18. The molecule has 16 heavy (non-hydrogen) atoms. The molecule has 0 spiro atoms. The van der Waals surface area contributed by atoms with E-state index in [1.54, 1.807) is 18.0 Å². The highest BCUT2D eigenvalue weighted by Crippen LogP contribution is 2.16. The van der Waals surface area contributed by atoms with Crippen LogP contribution in [-0.2, 0) is 7.05 Å². The quantitative estimate of drug-likeness (QED) is 0.708. The Kier molecular flexibility index (Phi) is 5.87. The zero-order valence-electron chi connectivity index (χ0n) is 10.2. The first-order valence-electron chi connectivity index (χ1n) is 5.60. The number of thioether (sulfide) groups is 1. The minimum atomic E-state index is 0.188. The summed E-state index contributed by atoms with van der Waals surface area (Å²) in [7, 11) is 1.99. The van der Waals surface area contributed by atoms with E-state index in [0.29, 0.717) is 6.04 Å². The standard InChI is InChI=1S/C11H21N3OS/c1-9(2)13-10(8-15)4-7-16-11-12-5-6-14(11)3/h5-6,9-10,13,15H,4,7-8H2,1-3H3. The van der Waals surface area contributed by atoms with Crippen LogP contribution in [0.25, 0.3) is 0 Å². The van der Waals surface area contributed by atoms with E-state index in [1.807, 2.05) is 17.8 Å². The van der Waals surface area contributed by atoms with Crippen molar-refractivity contribution in [3.8, 4) is 0 Å². The van der Waals surface area contributed by atoms with Gasteiger partial charge in [0.05, 0.1) is 6.61 Å². The predicted octanol–water partition coefficient (Wildman–Crippen LogP) is 1.26. The summed E-state index contributed by atoms with van der Waals surface area (Å²) in [6.45, 7) is 4.38. The summed E-state index contributed by atoms with van der Waals surface area (Å²) in [6.07, 6.45) is 4.70. The van der Waals surface area contributed by atoms with Crippen LogP contribution in [0.5, 0.6) is 0 Å². The van der Waals surface area contributed by atoms with Crippen LogP contribution in [0.15, 0.2) is 17.6 Å². The molecule has 2 N–H and O–H groups in total. The Bertz CT molecular complexity index is 301. The SMILES string of the molecule is CC(C)NC(CO)CCSc1nccn1C. The molecular formula is C11H21N3OS. The zero-order valence-corrected chi connectivity index (χ0v) is 11.0. The molecule has 0 aliphatic rings. The third-order valence-corrected chi connectivity index (χ3v) is 3.36. The molecule has 1 rings (SSSR count). The van der Waals surface area contributed by atoms with Crippen molar-refractivity contribution in [1.29, 1.82) is 0 Å². The van der Waals surface area contributed by atoms with E-state index in [2.05, 4.69) is 24.1 Å². The van der Waals surface area contributed by atoms with Gasteiger partial charge >= 0.3 is 0 Å². The largest absolute Gasteiger partial charge is 0.395 e. The van der Waals surface area contributed by atoms with Crippen molar-refractivity contribution >= 4 is 11.8 Å². The number of hydrogen-bond donors (Lipinski definition) is 2. The van der Waals surface area contributed by atoms with Crippen LogP contribution in [0, 0.1) is 0 Å². The average Bonchev–Trinajstić information content (AvgIpc) is 2.62. The van der Waals surface area contributed by atoms with Gasteiger partial charge in [0.15, 0.2) is 5.16 Å². The molecule has 5 heteroatoms. The van der Waals surface area contributed by atoms with Crippen LogP contribution >= 0.6 is 11.8 Å². The predicted molar refractivity (Wildman–Crippen MR) is 67.7 cm³/mol. The van der Waals surface area contributed by atoms with E-state index in [4.69, 9.17) is 0 Å². The Morgan fingerprint density at radius 2 is 2.31 bits per heavy atom. The Hall–Kier alpha value is -0.520. The molecule has 1 aromatic heterocycles. The van der Waals surface area contributed by atoms with Gasteiger partial charge in [0, 0.05) is 37.3 Å². The van der Waals surface area contributed by atoms with Gasteiger partial charge in [-0.2, -0.15) is 0 Å².